The van der Waals surface area contributed by atoms with E-state index in [9.17, 15) is 0 Å². The zero-order valence-electron chi connectivity index (χ0n) is 8.92. The molecule has 0 aliphatic carbocycles. The van der Waals surface area contributed by atoms with E-state index in [0.29, 0.717) is 11.8 Å². The van der Waals surface area contributed by atoms with Crippen LogP contribution in [-0.4, -0.2) is 16.4 Å². The van der Waals surface area contributed by atoms with Crippen LogP contribution in [0.15, 0.2) is 33.8 Å². The normalized spacial score (nSPS) is 11.1. The maximum Gasteiger partial charge on any atom is 0.247 e. The third-order valence-electron chi connectivity index (χ3n) is 2.15. The predicted octanol–water partition coefficient (Wildman–Crippen LogP) is 1.59. The molecular weight excluding hydrogens is 204 g/mol. The lowest BCUT2D eigenvalue weighted by molar-refractivity contribution is 0.513. The van der Waals surface area contributed by atoms with Gasteiger partial charge >= 0.3 is 0 Å². The molecule has 0 spiro atoms. The highest BCUT2D eigenvalue weighted by Crippen LogP contribution is 2.17. The van der Waals surface area contributed by atoms with E-state index in [1.807, 2.05) is 31.2 Å². The molecule has 0 amide bonds. The van der Waals surface area contributed by atoms with E-state index < -0.39 is 0 Å². The van der Waals surface area contributed by atoms with Gasteiger partial charge in [-0.2, -0.15) is 5.10 Å². The summed E-state index contributed by atoms with van der Waals surface area (Å²) in [5.41, 5.74) is 1.82. The van der Waals surface area contributed by atoms with Gasteiger partial charge in [-0.25, -0.2) is 0 Å². The second kappa shape index (κ2) is 4.57. The van der Waals surface area contributed by atoms with Gasteiger partial charge in [0.25, 0.3) is 0 Å². The Morgan fingerprint density at radius 3 is 2.62 bits per heavy atom. The molecular formula is C11H12N4O. The van der Waals surface area contributed by atoms with Gasteiger partial charge in [0.1, 0.15) is 0 Å². The molecule has 2 rings (SSSR count). The molecule has 0 atom stereocenters. The summed E-state index contributed by atoms with van der Waals surface area (Å²) < 4.78 is 5.44. The Bertz CT molecular complexity index is 487. The standard InChI is InChI=1S/C11H12N4O/c1-2-10-14-15-11(16-10)9-5-3-8(4-6-9)7-13-12/h3-7H,2,12H2,1H3. The summed E-state index contributed by atoms with van der Waals surface area (Å²) >= 11 is 0. The minimum atomic E-state index is 0.535. The highest BCUT2D eigenvalue weighted by molar-refractivity contribution is 5.80. The fraction of sp³-hybridized carbons (Fsp3) is 0.182. The van der Waals surface area contributed by atoms with Crippen LogP contribution in [0, 0.1) is 0 Å². The summed E-state index contributed by atoms with van der Waals surface area (Å²) in [7, 11) is 0. The molecule has 5 heteroatoms. The van der Waals surface area contributed by atoms with Crippen LogP contribution in [0.1, 0.15) is 18.4 Å². The van der Waals surface area contributed by atoms with E-state index in [4.69, 9.17) is 10.3 Å². The Morgan fingerprint density at radius 1 is 1.31 bits per heavy atom. The van der Waals surface area contributed by atoms with E-state index in [0.717, 1.165) is 17.5 Å². The summed E-state index contributed by atoms with van der Waals surface area (Å²) in [6, 6.07) is 7.57. The molecule has 5 nitrogen and oxygen atoms in total. The average Bonchev–Trinajstić information content (AvgIpc) is 2.79. The van der Waals surface area contributed by atoms with Crippen LogP contribution >= 0.6 is 0 Å². The maximum absolute atomic E-state index is 5.44. The first-order valence-electron chi connectivity index (χ1n) is 4.99. The fourth-order valence-electron chi connectivity index (χ4n) is 1.31. The van der Waals surface area contributed by atoms with Crippen LogP contribution in [-0.2, 0) is 6.42 Å². The number of hydrazone groups is 1. The lowest BCUT2D eigenvalue weighted by atomic mass is 10.1. The van der Waals surface area contributed by atoms with Crippen molar-refractivity contribution in [3.05, 3.63) is 35.7 Å². The summed E-state index contributed by atoms with van der Waals surface area (Å²) in [5.74, 6) is 6.24. The van der Waals surface area contributed by atoms with Crippen molar-refractivity contribution in [1.82, 2.24) is 10.2 Å². The number of aryl methyl sites for hydroxylation is 1. The van der Waals surface area contributed by atoms with Crippen molar-refractivity contribution in [3.63, 3.8) is 0 Å². The summed E-state index contributed by atoms with van der Waals surface area (Å²) in [6.45, 7) is 1.97. The molecule has 0 saturated heterocycles. The largest absolute Gasteiger partial charge is 0.421 e. The molecule has 0 saturated carbocycles. The lowest BCUT2D eigenvalue weighted by Crippen LogP contribution is -1.86. The molecule has 1 aromatic carbocycles. The van der Waals surface area contributed by atoms with Crippen molar-refractivity contribution >= 4 is 6.21 Å². The van der Waals surface area contributed by atoms with E-state index in [-0.39, 0.29) is 0 Å². The van der Waals surface area contributed by atoms with Gasteiger partial charge in [-0.15, -0.1) is 10.2 Å². The number of benzene rings is 1. The molecule has 82 valence electrons. The van der Waals surface area contributed by atoms with Gasteiger partial charge in [0, 0.05) is 12.0 Å². The quantitative estimate of drug-likeness (QED) is 0.480. The molecule has 1 aromatic heterocycles. The van der Waals surface area contributed by atoms with E-state index in [2.05, 4.69) is 15.3 Å². The second-order valence-corrected chi connectivity index (χ2v) is 3.25. The molecule has 0 aliphatic heterocycles. The topological polar surface area (TPSA) is 77.3 Å². The molecule has 1 heterocycles. The SMILES string of the molecule is CCc1nnc(-c2ccc(C=NN)cc2)o1. The Balaban J connectivity index is 2.27. The molecule has 0 bridgehead atoms. The number of rotatable bonds is 3. The number of hydrogen-bond donors (Lipinski definition) is 1. The Morgan fingerprint density at radius 2 is 2.06 bits per heavy atom. The Labute approximate surface area is 93.0 Å². The van der Waals surface area contributed by atoms with Crippen LogP contribution < -0.4 is 5.84 Å². The molecule has 2 aromatic rings. The predicted molar refractivity (Wildman–Crippen MR) is 60.9 cm³/mol. The zero-order chi connectivity index (χ0) is 11.4. The highest BCUT2D eigenvalue weighted by Gasteiger charge is 2.06. The highest BCUT2D eigenvalue weighted by atomic mass is 16.4. The van der Waals surface area contributed by atoms with Gasteiger partial charge in [0.15, 0.2) is 0 Å². The minimum Gasteiger partial charge on any atom is -0.421 e. The van der Waals surface area contributed by atoms with Gasteiger partial charge < -0.3 is 10.3 Å². The molecule has 0 fully saturated rings. The van der Waals surface area contributed by atoms with Crippen LogP contribution in [0.2, 0.25) is 0 Å². The number of nitrogens with two attached hydrogens (primary N) is 1. The third kappa shape index (κ3) is 2.08. The van der Waals surface area contributed by atoms with E-state index >= 15 is 0 Å². The van der Waals surface area contributed by atoms with Crippen molar-refractivity contribution in [2.45, 2.75) is 13.3 Å². The fourth-order valence-corrected chi connectivity index (χ4v) is 1.31. The van der Waals surface area contributed by atoms with Crippen LogP contribution in [0.25, 0.3) is 11.5 Å². The van der Waals surface area contributed by atoms with E-state index in [1.54, 1.807) is 6.21 Å². The number of aromatic nitrogens is 2. The molecule has 16 heavy (non-hydrogen) atoms. The molecule has 0 radical (unpaired) electrons. The second-order valence-electron chi connectivity index (χ2n) is 3.25. The molecule has 0 aliphatic rings. The van der Waals surface area contributed by atoms with Gasteiger partial charge in [-0.3, -0.25) is 0 Å². The van der Waals surface area contributed by atoms with Gasteiger partial charge in [0.2, 0.25) is 11.8 Å². The third-order valence-corrected chi connectivity index (χ3v) is 2.15. The number of hydrogen-bond acceptors (Lipinski definition) is 5. The van der Waals surface area contributed by atoms with Gasteiger partial charge in [0.05, 0.1) is 6.21 Å². The zero-order valence-corrected chi connectivity index (χ0v) is 8.92. The van der Waals surface area contributed by atoms with Crippen LogP contribution in [0.3, 0.4) is 0 Å². The maximum atomic E-state index is 5.44. The first-order chi connectivity index (χ1) is 7.83. The molecule has 0 unspecified atom stereocenters. The van der Waals surface area contributed by atoms with Gasteiger partial charge in [-0.05, 0) is 17.7 Å². The smallest absolute Gasteiger partial charge is 0.247 e. The van der Waals surface area contributed by atoms with Crippen molar-refractivity contribution in [2.75, 3.05) is 0 Å². The number of nitrogens with zero attached hydrogens (tertiary/aromatic N) is 3. The van der Waals surface area contributed by atoms with E-state index in [1.165, 1.54) is 0 Å². The monoisotopic (exact) mass is 216 g/mol. The Hall–Kier alpha value is -2.17. The first-order valence-corrected chi connectivity index (χ1v) is 4.99. The first kappa shape index (κ1) is 10.4. The lowest BCUT2D eigenvalue weighted by Gasteiger charge is -1.95. The summed E-state index contributed by atoms with van der Waals surface area (Å²) in [4.78, 5) is 0. The Kier molecular flexibility index (Phi) is 2.95. The van der Waals surface area contributed by atoms with Crippen molar-refractivity contribution in [1.29, 1.82) is 0 Å². The molecule has 2 N–H and O–H groups in total. The van der Waals surface area contributed by atoms with Crippen molar-refractivity contribution in [3.8, 4) is 11.5 Å². The van der Waals surface area contributed by atoms with Crippen LogP contribution in [0.5, 0.6) is 0 Å². The van der Waals surface area contributed by atoms with Crippen molar-refractivity contribution in [2.24, 2.45) is 10.9 Å². The summed E-state index contributed by atoms with van der Waals surface area (Å²) in [6.07, 6.45) is 2.32. The van der Waals surface area contributed by atoms with Gasteiger partial charge in [-0.1, -0.05) is 19.1 Å². The summed E-state index contributed by atoms with van der Waals surface area (Å²) in [5, 5.41) is 11.3. The average molecular weight is 216 g/mol. The minimum absolute atomic E-state index is 0.535. The van der Waals surface area contributed by atoms with Crippen LogP contribution in [0.4, 0.5) is 0 Å². The van der Waals surface area contributed by atoms with Crippen molar-refractivity contribution < 1.29 is 4.42 Å².